The summed E-state index contributed by atoms with van der Waals surface area (Å²) in [6.07, 6.45) is 0. The molecule has 10 heterocycles. The van der Waals surface area contributed by atoms with Gasteiger partial charge in [-0.2, -0.15) is 0 Å². The van der Waals surface area contributed by atoms with Crippen molar-refractivity contribution in [3.05, 3.63) is 449 Å². The molecular weight excluding hydrogens is 1730 g/mol. The lowest BCUT2D eigenvalue weighted by molar-refractivity contribution is 0.667. The summed E-state index contributed by atoms with van der Waals surface area (Å²) in [5.41, 5.74) is 28.4. The van der Waals surface area contributed by atoms with Gasteiger partial charge in [-0.1, -0.05) is 328 Å². The van der Waals surface area contributed by atoms with Crippen molar-refractivity contribution in [1.82, 2.24) is 48.2 Å². The molecule has 20 aromatic carbocycles. The maximum absolute atomic E-state index is 7.11. The number of furan rings is 3. The van der Waals surface area contributed by atoms with Gasteiger partial charge in [-0.25, -0.2) is 29.9 Å². The standard InChI is InChI=1S/C63H37N5O2.C63H37N5OS/c2*1-3-16-38(17-4-1)61-64-62(39-18-5-2-6-19-39)66-63(65-61)49-27-14-25-47-48-26-15-30-56(60(48)70-59(47)49)68-53-29-11-8-21-44(53)51-37-41(33-35-55(51)68)67-52-28-10-7-20-43(52)50-36-40(32-34-54(50)67)42-23-13-24-46-45-22-9-12-31-57(45)69-58(42)46/h2*1-37H. The van der Waals surface area contributed by atoms with Crippen LogP contribution in [0.25, 0.3) is 287 Å². The van der Waals surface area contributed by atoms with Crippen LogP contribution in [0.15, 0.2) is 462 Å². The van der Waals surface area contributed by atoms with Gasteiger partial charge in [0, 0.05) is 141 Å². The van der Waals surface area contributed by atoms with Crippen molar-refractivity contribution in [2.75, 3.05) is 0 Å². The Morgan fingerprint density at radius 3 is 0.907 bits per heavy atom. The van der Waals surface area contributed by atoms with E-state index in [1.807, 2.05) is 127 Å². The molecule has 0 aliphatic carbocycles. The molecule has 0 unspecified atom stereocenters. The van der Waals surface area contributed by atoms with E-state index in [1.54, 1.807) is 11.3 Å². The summed E-state index contributed by atoms with van der Waals surface area (Å²) in [5.74, 6) is 3.70. The first-order valence-corrected chi connectivity index (χ1v) is 47.8. The molecule has 0 amide bonds. The molecule has 140 heavy (non-hydrogen) atoms. The Morgan fingerprint density at radius 2 is 0.457 bits per heavy atom. The molecular formula is C126H74N10O3S. The Kier molecular flexibility index (Phi) is 17.7. The summed E-state index contributed by atoms with van der Waals surface area (Å²) in [5, 5.41) is 18.4. The van der Waals surface area contributed by atoms with E-state index >= 15 is 0 Å². The van der Waals surface area contributed by atoms with Crippen LogP contribution in [0.5, 0.6) is 0 Å². The van der Waals surface area contributed by atoms with Gasteiger partial charge in [-0.05, 0) is 132 Å². The van der Waals surface area contributed by atoms with E-state index in [1.165, 1.54) is 47.8 Å². The molecule has 14 heteroatoms. The summed E-state index contributed by atoms with van der Waals surface area (Å²) in [6.45, 7) is 0. The second kappa shape index (κ2) is 31.4. The van der Waals surface area contributed by atoms with Crippen molar-refractivity contribution in [3.63, 3.8) is 0 Å². The van der Waals surface area contributed by atoms with Gasteiger partial charge in [0.1, 0.15) is 27.9 Å². The molecule has 13 nitrogen and oxygen atoms in total. The zero-order chi connectivity index (χ0) is 91.7. The van der Waals surface area contributed by atoms with Gasteiger partial charge in [0.25, 0.3) is 0 Å². The monoisotopic (exact) mass is 1810 g/mol. The van der Waals surface area contributed by atoms with Crippen molar-refractivity contribution >= 4 is 185 Å². The van der Waals surface area contributed by atoms with Gasteiger partial charge in [-0.15, -0.1) is 11.3 Å². The van der Waals surface area contributed by atoms with E-state index in [2.05, 4.69) is 340 Å². The highest BCUT2D eigenvalue weighted by atomic mass is 32.1. The lowest BCUT2D eigenvalue weighted by atomic mass is 10.0. The maximum atomic E-state index is 7.11. The molecule has 0 aliphatic heterocycles. The van der Waals surface area contributed by atoms with Crippen LogP contribution in [0.2, 0.25) is 0 Å². The number of fused-ring (bicyclic) bond motifs is 24. The summed E-state index contributed by atoms with van der Waals surface area (Å²) < 4.78 is 32.1. The molecule has 0 bridgehead atoms. The molecule has 0 saturated carbocycles. The molecule has 0 N–H and O–H groups in total. The number of rotatable bonds is 12. The highest BCUT2D eigenvalue weighted by Crippen LogP contribution is 2.50. The third-order valence-electron chi connectivity index (χ3n) is 28.0. The number of thiophene rings is 1. The smallest absolute Gasteiger partial charge is 0.167 e. The zero-order valence-corrected chi connectivity index (χ0v) is 75.6. The minimum atomic E-state index is 0.549. The normalized spacial score (nSPS) is 12.0. The number of hydrogen-bond acceptors (Lipinski definition) is 10. The average molecular weight is 1810 g/mol. The molecule has 30 rings (SSSR count). The van der Waals surface area contributed by atoms with Gasteiger partial charge in [0.2, 0.25) is 0 Å². The highest BCUT2D eigenvalue weighted by molar-refractivity contribution is 7.26. The zero-order valence-electron chi connectivity index (χ0n) is 74.8. The summed E-state index contributed by atoms with van der Waals surface area (Å²) in [6, 6.07) is 158. The molecule has 0 radical (unpaired) electrons. The summed E-state index contributed by atoms with van der Waals surface area (Å²) in [7, 11) is 0. The Morgan fingerprint density at radius 1 is 0.164 bits per heavy atom. The van der Waals surface area contributed by atoms with E-state index in [9.17, 15) is 0 Å². The molecule has 30 aromatic rings. The third kappa shape index (κ3) is 12.4. The fourth-order valence-corrected chi connectivity index (χ4v) is 23.0. The topological polar surface area (TPSA) is 136 Å². The van der Waals surface area contributed by atoms with Crippen LogP contribution >= 0.6 is 11.3 Å². The predicted molar refractivity (Wildman–Crippen MR) is 575 cm³/mol. The van der Waals surface area contributed by atoms with Crippen molar-refractivity contribution in [2.24, 2.45) is 0 Å². The lowest BCUT2D eigenvalue weighted by Gasteiger charge is -2.11. The van der Waals surface area contributed by atoms with Crippen molar-refractivity contribution < 1.29 is 13.3 Å². The van der Waals surface area contributed by atoms with Crippen LogP contribution in [0.1, 0.15) is 0 Å². The minimum Gasteiger partial charge on any atom is -0.455 e. The summed E-state index contributed by atoms with van der Waals surface area (Å²) >= 11 is 1.80. The maximum Gasteiger partial charge on any atom is 0.167 e. The van der Waals surface area contributed by atoms with Crippen LogP contribution in [-0.2, 0) is 0 Å². The molecule has 0 atom stereocenters. The fourth-order valence-electron chi connectivity index (χ4n) is 21.7. The van der Waals surface area contributed by atoms with Crippen molar-refractivity contribution in [2.45, 2.75) is 0 Å². The number of para-hydroxylation sites is 10. The van der Waals surface area contributed by atoms with Crippen molar-refractivity contribution in [1.29, 1.82) is 0 Å². The predicted octanol–water partition coefficient (Wildman–Crippen LogP) is 33.5. The van der Waals surface area contributed by atoms with E-state index in [0.29, 0.717) is 34.9 Å². The minimum absolute atomic E-state index is 0.549. The van der Waals surface area contributed by atoms with Crippen LogP contribution in [0.4, 0.5) is 0 Å². The largest absolute Gasteiger partial charge is 0.455 e. The Labute approximate surface area is 802 Å². The molecule has 0 aliphatic rings. The first kappa shape index (κ1) is 78.7. The quantitative estimate of drug-likeness (QED) is 0.117. The Bertz CT molecular complexity index is 9670. The second-order valence-corrected chi connectivity index (χ2v) is 36.8. The first-order valence-electron chi connectivity index (χ1n) is 47.0. The molecule has 0 saturated heterocycles. The SMILES string of the molecule is c1ccc(-c2nc(-c3ccccc3)nc(-c3cccc4c3oc3c(-n5c6ccccc6c6cc(-n7c8ccccc8c8cc(-c9cccc%10c9oc9ccccc9%10)ccc87)ccc65)cccc34)n2)cc1.c1ccc(-c2nc(-c3ccccc3)nc(-c3cccc4c3sc3c(-n5c6ccccc6c6cc(-n7c8ccccc8c8cc(-c9cccc%10c9oc9ccccc9%10)ccc87)ccc65)cccc34)n2)cc1. The van der Waals surface area contributed by atoms with Gasteiger partial charge in [-0.3, -0.25) is 0 Å². The van der Waals surface area contributed by atoms with Gasteiger partial charge in [0.05, 0.1) is 65.8 Å². The van der Waals surface area contributed by atoms with Crippen LogP contribution < -0.4 is 0 Å². The molecule has 0 fully saturated rings. The van der Waals surface area contributed by atoms with E-state index in [-0.39, 0.29) is 0 Å². The average Bonchev–Trinajstić information content (AvgIpc) is 1.57. The van der Waals surface area contributed by atoms with Crippen LogP contribution in [0.3, 0.4) is 0 Å². The van der Waals surface area contributed by atoms with E-state index in [4.69, 9.17) is 43.2 Å². The van der Waals surface area contributed by atoms with Gasteiger partial charge < -0.3 is 31.5 Å². The van der Waals surface area contributed by atoms with Crippen LogP contribution in [-0.4, -0.2) is 48.2 Å². The molecule has 10 aromatic heterocycles. The number of nitrogens with zero attached hydrogens (tertiary/aromatic N) is 10. The third-order valence-corrected chi connectivity index (χ3v) is 29.3. The second-order valence-electron chi connectivity index (χ2n) is 35.8. The van der Waals surface area contributed by atoms with Gasteiger partial charge >= 0.3 is 0 Å². The molecule has 0 spiro atoms. The number of benzene rings is 20. The number of aromatic nitrogens is 10. The van der Waals surface area contributed by atoms with E-state index in [0.717, 1.165) is 204 Å². The summed E-state index contributed by atoms with van der Waals surface area (Å²) in [4.78, 5) is 30.4. The van der Waals surface area contributed by atoms with Crippen LogP contribution in [0, 0.1) is 0 Å². The number of hydrogen-bond donors (Lipinski definition) is 0. The molecule has 652 valence electrons. The fraction of sp³-hybridized carbons (Fsp3) is 0. The van der Waals surface area contributed by atoms with Gasteiger partial charge in [0.15, 0.2) is 40.5 Å². The lowest BCUT2D eigenvalue weighted by Crippen LogP contribution is -2.00. The van der Waals surface area contributed by atoms with Crippen molar-refractivity contribution in [3.8, 4) is 113 Å². The Hall–Kier alpha value is -18.8. The first-order chi connectivity index (χ1) is 69.4. The Balaban J connectivity index is 0.000000134. The van der Waals surface area contributed by atoms with E-state index < -0.39 is 0 Å². The highest BCUT2D eigenvalue weighted by Gasteiger charge is 2.28.